The summed E-state index contributed by atoms with van der Waals surface area (Å²) in [5.74, 6) is -0.311. The van der Waals surface area contributed by atoms with Crippen molar-refractivity contribution in [2.75, 3.05) is 0 Å². The highest BCUT2D eigenvalue weighted by atomic mass is 19.1. The zero-order valence-corrected chi connectivity index (χ0v) is 17.2. The van der Waals surface area contributed by atoms with Crippen LogP contribution < -0.4 is 5.56 Å². The Morgan fingerprint density at radius 3 is 2.13 bits per heavy atom. The van der Waals surface area contributed by atoms with Crippen LogP contribution in [0.5, 0.6) is 0 Å². The first-order valence-corrected chi connectivity index (χ1v) is 9.46. The number of hydrogen-bond donors (Lipinski definition) is 0. The predicted octanol–water partition coefficient (Wildman–Crippen LogP) is 4.84. The number of benzene rings is 2. The van der Waals surface area contributed by atoms with Gasteiger partial charge < -0.3 is 0 Å². The van der Waals surface area contributed by atoms with Gasteiger partial charge in [0.2, 0.25) is 0 Å². The zero-order chi connectivity index (χ0) is 21.4. The van der Waals surface area contributed by atoms with E-state index in [4.69, 9.17) is 0 Å². The summed E-state index contributed by atoms with van der Waals surface area (Å²) in [6, 6.07) is 15.4. The number of hydrogen-bond acceptors (Lipinski definition) is 4. The fourth-order valence-electron chi connectivity index (χ4n) is 3.38. The quantitative estimate of drug-likeness (QED) is 0.457. The fourth-order valence-corrected chi connectivity index (χ4v) is 3.38. The van der Waals surface area contributed by atoms with E-state index in [0.717, 1.165) is 17.1 Å². The fraction of sp³-hybridized carbons (Fsp3) is 0.182. The van der Waals surface area contributed by atoms with Crippen LogP contribution in [0, 0.1) is 26.6 Å². The lowest BCUT2D eigenvalue weighted by atomic mass is 10.3. The molecule has 4 rings (SSSR count). The van der Waals surface area contributed by atoms with E-state index >= 15 is 0 Å². The molecule has 2 aromatic heterocycles. The summed E-state index contributed by atoms with van der Waals surface area (Å²) in [4.78, 5) is 13.0. The Bertz CT molecular complexity index is 1300. The topological polar surface area (TPSA) is 69.5 Å². The van der Waals surface area contributed by atoms with Gasteiger partial charge in [0.15, 0.2) is 5.69 Å². The third kappa shape index (κ3) is 3.26. The van der Waals surface area contributed by atoms with Gasteiger partial charge in [0, 0.05) is 7.05 Å². The van der Waals surface area contributed by atoms with Gasteiger partial charge in [-0.05, 0) is 57.2 Å². The molecule has 0 spiro atoms. The van der Waals surface area contributed by atoms with Crippen molar-refractivity contribution < 1.29 is 4.39 Å². The van der Waals surface area contributed by atoms with Crippen molar-refractivity contribution in [1.29, 1.82) is 0 Å². The number of halogens is 1. The molecule has 7 nitrogen and oxygen atoms in total. The highest BCUT2D eigenvalue weighted by Gasteiger charge is 2.17. The van der Waals surface area contributed by atoms with Crippen LogP contribution in [0.1, 0.15) is 17.1 Å². The lowest BCUT2D eigenvalue weighted by Crippen LogP contribution is -2.19. The number of para-hydroxylation sites is 1. The molecule has 8 heteroatoms. The van der Waals surface area contributed by atoms with E-state index in [1.54, 1.807) is 26.2 Å². The molecule has 0 amide bonds. The van der Waals surface area contributed by atoms with Crippen molar-refractivity contribution in [2.45, 2.75) is 20.8 Å². The summed E-state index contributed by atoms with van der Waals surface area (Å²) in [7, 11) is 1.81. The van der Waals surface area contributed by atoms with Crippen LogP contribution in [0.3, 0.4) is 0 Å². The van der Waals surface area contributed by atoms with Crippen molar-refractivity contribution in [3.05, 3.63) is 87.9 Å². The Kier molecular flexibility index (Phi) is 4.91. The van der Waals surface area contributed by atoms with Gasteiger partial charge in [-0.3, -0.25) is 9.48 Å². The van der Waals surface area contributed by atoms with E-state index in [9.17, 15) is 9.18 Å². The number of aromatic nitrogens is 4. The molecule has 0 fully saturated rings. The van der Waals surface area contributed by atoms with Crippen molar-refractivity contribution in [3.8, 4) is 11.4 Å². The largest absolute Gasteiger partial charge is 0.299 e. The SMILES string of the molecule is Cc1nn(-c2ccc(F)cc2)c(C)c1N=Nc1c(C)n(C)n(-c2ccccc2)c1=O. The molecule has 0 saturated heterocycles. The van der Waals surface area contributed by atoms with E-state index < -0.39 is 0 Å². The average molecular weight is 404 g/mol. The van der Waals surface area contributed by atoms with Gasteiger partial charge in [0.1, 0.15) is 11.5 Å². The van der Waals surface area contributed by atoms with Crippen LogP contribution in [0.4, 0.5) is 15.8 Å². The van der Waals surface area contributed by atoms with E-state index in [1.165, 1.54) is 12.1 Å². The highest BCUT2D eigenvalue weighted by molar-refractivity contribution is 5.51. The highest BCUT2D eigenvalue weighted by Crippen LogP contribution is 2.28. The first kappa shape index (κ1) is 19.5. The second-order valence-corrected chi connectivity index (χ2v) is 7.02. The van der Waals surface area contributed by atoms with Crippen LogP contribution in [0.25, 0.3) is 11.4 Å². The van der Waals surface area contributed by atoms with Crippen LogP contribution >= 0.6 is 0 Å². The van der Waals surface area contributed by atoms with Crippen molar-refractivity contribution in [3.63, 3.8) is 0 Å². The summed E-state index contributed by atoms with van der Waals surface area (Å²) < 4.78 is 18.2. The molecule has 30 heavy (non-hydrogen) atoms. The number of aryl methyl sites for hydroxylation is 1. The number of nitrogens with zero attached hydrogens (tertiary/aromatic N) is 6. The van der Waals surface area contributed by atoms with Crippen molar-refractivity contribution in [2.24, 2.45) is 17.3 Å². The van der Waals surface area contributed by atoms with Gasteiger partial charge in [-0.25, -0.2) is 13.8 Å². The van der Waals surface area contributed by atoms with Gasteiger partial charge >= 0.3 is 0 Å². The molecule has 0 N–H and O–H groups in total. The molecule has 0 radical (unpaired) electrons. The minimum atomic E-state index is -0.311. The minimum Gasteiger partial charge on any atom is -0.283 e. The van der Waals surface area contributed by atoms with E-state index in [1.807, 2.05) is 58.2 Å². The number of azo groups is 1. The standard InChI is InChI=1S/C22H21FN6O/c1-14-20(16(3)28(26-14)18-12-10-17(23)11-13-18)24-25-21-15(2)27(4)29(22(21)30)19-8-6-5-7-9-19/h5-13H,1-4H3. The summed E-state index contributed by atoms with van der Waals surface area (Å²) >= 11 is 0. The summed E-state index contributed by atoms with van der Waals surface area (Å²) in [5, 5.41) is 13.1. The van der Waals surface area contributed by atoms with Gasteiger partial charge in [0.05, 0.1) is 28.5 Å². The van der Waals surface area contributed by atoms with Crippen LogP contribution in [0.2, 0.25) is 0 Å². The van der Waals surface area contributed by atoms with Crippen LogP contribution in [-0.4, -0.2) is 19.1 Å². The third-order valence-corrected chi connectivity index (χ3v) is 5.10. The third-order valence-electron chi connectivity index (χ3n) is 5.10. The van der Waals surface area contributed by atoms with Gasteiger partial charge in [-0.2, -0.15) is 5.10 Å². The first-order chi connectivity index (χ1) is 14.4. The predicted molar refractivity (Wildman–Crippen MR) is 113 cm³/mol. The first-order valence-electron chi connectivity index (χ1n) is 9.46. The van der Waals surface area contributed by atoms with Crippen molar-refractivity contribution in [1.82, 2.24) is 19.1 Å². The Balaban J connectivity index is 1.75. The lowest BCUT2D eigenvalue weighted by Gasteiger charge is -2.07. The zero-order valence-electron chi connectivity index (χ0n) is 17.2. The van der Waals surface area contributed by atoms with Gasteiger partial charge in [-0.15, -0.1) is 10.2 Å². The van der Waals surface area contributed by atoms with Gasteiger partial charge in [0.25, 0.3) is 5.56 Å². The Labute approximate surface area is 172 Å². The molecule has 152 valence electrons. The second kappa shape index (κ2) is 7.55. The van der Waals surface area contributed by atoms with Gasteiger partial charge in [-0.1, -0.05) is 18.2 Å². The summed E-state index contributed by atoms with van der Waals surface area (Å²) in [5.41, 5.74) is 4.20. The molecule has 0 saturated carbocycles. The molecular formula is C22H21FN6O. The maximum atomic E-state index is 13.2. The molecule has 0 aliphatic heterocycles. The Morgan fingerprint density at radius 2 is 1.47 bits per heavy atom. The summed E-state index contributed by atoms with van der Waals surface area (Å²) in [6.07, 6.45) is 0. The monoisotopic (exact) mass is 404 g/mol. The maximum Gasteiger partial charge on any atom is 0.299 e. The summed E-state index contributed by atoms with van der Waals surface area (Å²) in [6.45, 7) is 5.51. The average Bonchev–Trinajstić information content (AvgIpc) is 3.14. The maximum absolute atomic E-state index is 13.2. The second-order valence-electron chi connectivity index (χ2n) is 7.02. The van der Waals surface area contributed by atoms with E-state index in [2.05, 4.69) is 15.3 Å². The normalized spacial score (nSPS) is 11.5. The molecule has 0 aliphatic carbocycles. The molecular weight excluding hydrogens is 383 g/mol. The molecule has 0 aliphatic rings. The smallest absolute Gasteiger partial charge is 0.283 e. The lowest BCUT2D eigenvalue weighted by molar-refractivity contribution is 0.627. The molecule has 0 bridgehead atoms. The number of rotatable bonds is 4. The van der Waals surface area contributed by atoms with E-state index in [0.29, 0.717) is 17.1 Å². The van der Waals surface area contributed by atoms with Crippen molar-refractivity contribution >= 4 is 11.4 Å². The van der Waals surface area contributed by atoms with Crippen LogP contribution in [-0.2, 0) is 7.05 Å². The molecule has 0 unspecified atom stereocenters. The molecule has 2 heterocycles. The molecule has 4 aromatic rings. The molecule has 2 aromatic carbocycles. The Hall–Kier alpha value is -3.81. The minimum absolute atomic E-state index is 0.244. The van der Waals surface area contributed by atoms with E-state index in [-0.39, 0.29) is 17.1 Å². The Morgan fingerprint density at radius 1 is 0.833 bits per heavy atom. The van der Waals surface area contributed by atoms with Crippen LogP contribution in [0.15, 0.2) is 69.6 Å². The molecule has 0 atom stereocenters.